The van der Waals surface area contributed by atoms with Crippen molar-refractivity contribution in [1.82, 2.24) is 16.1 Å². The van der Waals surface area contributed by atoms with Crippen LogP contribution in [-0.2, 0) is 9.59 Å². The van der Waals surface area contributed by atoms with Gasteiger partial charge in [0.05, 0.1) is 0 Å². The molecule has 7 nitrogen and oxygen atoms in total. The van der Waals surface area contributed by atoms with Gasteiger partial charge in [0.25, 0.3) is 0 Å². The van der Waals surface area contributed by atoms with Crippen molar-refractivity contribution in [2.24, 2.45) is 10.8 Å². The maximum Gasteiger partial charge on any atom is 0.249 e. The fraction of sp³-hybridized carbons (Fsp3) is 0.667. The third kappa shape index (κ3) is 3.50. The molecule has 1 saturated heterocycles. The average Bonchev–Trinajstić information content (AvgIpc) is 2.27. The third-order valence-corrected chi connectivity index (χ3v) is 2.18. The molecule has 1 rings (SSSR count). The molecule has 0 radical (unpaired) electrons. The molecule has 0 aromatic heterocycles. The second kappa shape index (κ2) is 6.06. The van der Waals surface area contributed by atoms with E-state index in [2.05, 4.69) is 21.1 Å². The van der Waals surface area contributed by atoms with Crippen LogP contribution in [0.3, 0.4) is 0 Å². The Morgan fingerprint density at radius 3 is 2.94 bits per heavy atom. The molecule has 1 heterocycles. The van der Waals surface area contributed by atoms with E-state index in [-0.39, 0.29) is 11.8 Å². The van der Waals surface area contributed by atoms with Gasteiger partial charge in [-0.15, -0.1) is 0 Å². The van der Waals surface area contributed by atoms with Crippen molar-refractivity contribution in [3.63, 3.8) is 0 Å². The molecule has 1 unspecified atom stereocenters. The Labute approximate surface area is 93.8 Å². The predicted octanol–water partition coefficient (Wildman–Crippen LogP) is -1.39. The van der Waals surface area contributed by atoms with Gasteiger partial charge in [0, 0.05) is 13.0 Å². The summed E-state index contributed by atoms with van der Waals surface area (Å²) >= 11 is 0. The molecule has 7 heteroatoms. The van der Waals surface area contributed by atoms with E-state index in [0.717, 1.165) is 6.42 Å². The van der Waals surface area contributed by atoms with E-state index in [1.54, 1.807) is 0 Å². The third-order valence-electron chi connectivity index (χ3n) is 2.18. The van der Waals surface area contributed by atoms with Gasteiger partial charge < -0.3 is 5.32 Å². The molecule has 0 saturated carbocycles. The minimum Gasteiger partial charge on any atom is -0.344 e. The molecule has 90 valence electrons. The summed E-state index contributed by atoms with van der Waals surface area (Å²) in [5.74, 6) is 5.06. The highest BCUT2D eigenvalue weighted by atomic mass is 16.2. The highest BCUT2D eigenvalue weighted by molar-refractivity contribution is 6.01. The Balaban J connectivity index is 2.51. The van der Waals surface area contributed by atoms with Crippen LogP contribution in [0.25, 0.3) is 0 Å². The zero-order valence-corrected chi connectivity index (χ0v) is 9.25. The lowest BCUT2D eigenvalue weighted by Crippen LogP contribution is -2.55. The molecule has 2 amide bonds. The Morgan fingerprint density at radius 1 is 1.62 bits per heavy atom. The fourth-order valence-electron chi connectivity index (χ4n) is 1.35. The standard InChI is InChI=1S/C9H17N5O2/c1-2-5-11-9(14-10)12-6-3-4-7(15)13-8(6)16/h6H,2-5,10H2,1H3,(H2,11,12,14)(H,13,15,16). The number of nitrogens with two attached hydrogens (primary N) is 1. The van der Waals surface area contributed by atoms with Crippen LogP contribution in [-0.4, -0.2) is 30.4 Å². The number of hydrogen-bond donors (Lipinski definition) is 4. The number of aliphatic imine (C=N–C) groups is 1. The summed E-state index contributed by atoms with van der Waals surface area (Å²) in [6.45, 7) is 2.61. The summed E-state index contributed by atoms with van der Waals surface area (Å²) in [7, 11) is 0. The first-order valence-electron chi connectivity index (χ1n) is 5.28. The molecule has 1 fully saturated rings. The number of carbonyl (C=O) groups excluding carboxylic acids is 2. The number of amides is 2. The van der Waals surface area contributed by atoms with Crippen LogP contribution in [0.4, 0.5) is 0 Å². The Kier molecular flexibility index (Phi) is 4.71. The number of nitrogens with zero attached hydrogens (tertiary/aromatic N) is 1. The first kappa shape index (κ1) is 12.4. The van der Waals surface area contributed by atoms with Crippen LogP contribution in [0.2, 0.25) is 0 Å². The van der Waals surface area contributed by atoms with E-state index in [0.29, 0.717) is 25.3 Å². The number of nitrogens with one attached hydrogen (secondary N) is 3. The second-order valence-corrected chi connectivity index (χ2v) is 3.52. The molecule has 0 aromatic rings. The smallest absolute Gasteiger partial charge is 0.249 e. The van der Waals surface area contributed by atoms with Gasteiger partial charge in [-0.05, 0) is 12.8 Å². The van der Waals surface area contributed by atoms with Gasteiger partial charge in [0.1, 0.15) is 6.04 Å². The summed E-state index contributed by atoms with van der Waals surface area (Å²) < 4.78 is 0. The van der Waals surface area contributed by atoms with E-state index in [9.17, 15) is 9.59 Å². The molecule has 5 N–H and O–H groups in total. The first-order chi connectivity index (χ1) is 7.67. The van der Waals surface area contributed by atoms with Crippen molar-refractivity contribution in [1.29, 1.82) is 0 Å². The van der Waals surface area contributed by atoms with Crippen LogP contribution in [0.15, 0.2) is 4.99 Å². The van der Waals surface area contributed by atoms with Crippen LogP contribution in [0.5, 0.6) is 0 Å². The van der Waals surface area contributed by atoms with E-state index in [4.69, 9.17) is 5.84 Å². The lowest BCUT2D eigenvalue weighted by Gasteiger charge is -2.23. The molecular weight excluding hydrogens is 210 g/mol. The summed E-state index contributed by atoms with van der Waals surface area (Å²) in [5, 5.41) is 5.11. The second-order valence-electron chi connectivity index (χ2n) is 3.52. The van der Waals surface area contributed by atoms with Gasteiger partial charge in [-0.2, -0.15) is 0 Å². The molecule has 0 aliphatic carbocycles. The normalized spacial score (nSPS) is 21.6. The van der Waals surface area contributed by atoms with E-state index < -0.39 is 6.04 Å². The highest BCUT2D eigenvalue weighted by Gasteiger charge is 2.26. The zero-order chi connectivity index (χ0) is 12.0. The molecule has 1 atom stereocenters. The van der Waals surface area contributed by atoms with Crippen LogP contribution in [0, 0.1) is 0 Å². The fourth-order valence-corrected chi connectivity index (χ4v) is 1.35. The lowest BCUT2D eigenvalue weighted by atomic mass is 10.1. The monoisotopic (exact) mass is 227 g/mol. The summed E-state index contributed by atoms with van der Waals surface area (Å²) in [6, 6.07) is -0.454. The molecule has 1 aliphatic heterocycles. The lowest BCUT2D eigenvalue weighted by molar-refractivity contribution is -0.134. The number of hydrazine groups is 1. The zero-order valence-electron chi connectivity index (χ0n) is 9.25. The quantitative estimate of drug-likeness (QED) is 0.156. The van der Waals surface area contributed by atoms with Crippen LogP contribution in [0.1, 0.15) is 26.2 Å². The minimum absolute atomic E-state index is 0.240. The van der Waals surface area contributed by atoms with Gasteiger partial charge in [0.15, 0.2) is 0 Å². The summed E-state index contributed by atoms with van der Waals surface area (Å²) in [6.07, 6.45) is 1.68. The summed E-state index contributed by atoms with van der Waals surface area (Å²) in [4.78, 5) is 26.4. The number of piperidine rings is 1. The minimum atomic E-state index is -0.454. The van der Waals surface area contributed by atoms with Crippen molar-refractivity contribution < 1.29 is 9.59 Å². The Bertz CT molecular complexity index is 302. The number of rotatable bonds is 3. The number of carbonyl (C=O) groups is 2. The predicted molar refractivity (Wildman–Crippen MR) is 59.2 cm³/mol. The van der Waals surface area contributed by atoms with Crippen LogP contribution >= 0.6 is 0 Å². The molecule has 0 spiro atoms. The maximum atomic E-state index is 11.4. The SMILES string of the molecule is CCCN=C(NN)NC1CCC(=O)NC1=O. The van der Waals surface area contributed by atoms with Crippen LogP contribution < -0.4 is 21.9 Å². The highest BCUT2D eigenvalue weighted by Crippen LogP contribution is 2.03. The topological polar surface area (TPSA) is 109 Å². The molecular formula is C9H17N5O2. The van der Waals surface area contributed by atoms with Gasteiger partial charge in [-0.3, -0.25) is 25.3 Å². The number of imide groups is 1. The van der Waals surface area contributed by atoms with E-state index in [1.165, 1.54) is 0 Å². The molecule has 16 heavy (non-hydrogen) atoms. The molecule has 1 aliphatic rings. The van der Waals surface area contributed by atoms with Crippen molar-refractivity contribution in [3.8, 4) is 0 Å². The Hall–Kier alpha value is -1.63. The molecule has 0 bridgehead atoms. The van der Waals surface area contributed by atoms with Gasteiger partial charge in [-0.1, -0.05) is 6.92 Å². The maximum absolute atomic E-state index is 11.4. The number of hydrogen-bond acceptors (Lipinski definition) is 4. The summed E-state index contributed by atoms with van der Waals surface area (Å²) in [5.41, 5.74) is 2.39. The number of guanidine groups is 1. The van der Waals surface area contributed by atoms with Gasteiger partial charge in [0.2, 0.25) is 17.8 Å². The van der Waals surface area contributed by atoms with Gasteiger partial charge in [-0.25, -0.2) is 5.84 Å². The van der Waals surface area contributed by atoms with Gasteiger partial charge >= 0.3 is 0 Å². The Morgan fingerprint density at radius 2 is 2.38 bits per heavy atom. The van der Waals surface area contributed by atoms with Crippen molar-refractivity contribution in [2.45, 2.75) is 32.2 Å². The first-order valence-corrected chi connectivity index (χ1v) is 5.28. The largest absolute Gasteiger partial charge is 0.344 e. The van der Waals surface area contributed by atoms with Crippen molar-refractivity contribution >= 4 is 17.8 Å². The van der Waals surface area contributed by atoms with E-state index >= 15 is 0 Å². The molecule has 0 aromatic carbocycles. The average molecular weight is 227 g/mol. The van der Waals surface area contributed by atoms with Crippen molar-refractivity contribution in [2.75, 3.05) is 6.54 Å². The van der Waals surface area contributed by atoms with Crippen molar-refractivity contribution in [3.05, 3.63) is 0 Å². The van der Waals surface area contributed by atoms with E-state index in [1.807, 2.05) is 6.92 Å².